The van der Waals surface area contributed by atoms with Crippen molar-refractivity contribution in [3.8, 4) is 5.75 Å². The Morgan fingerprint density at radius 3 is 1.56 bits per heavy atom. The Morgan fingerprint density at radius 1 is 0.667 bits per heavy atom. The van der Waals surface area contributed by atoms with E-state index in [1.807, 2.05) is 24.3 Å². The molecule has 1 aromatic carbocycles. The van der Waals surface area contributed by atoms with E-state index in [2.05, 4.69) is 37.0 Å². The van der Waals surface area contributed by atoms with Crippen LogP contribution in [0.15, 0.2) is 39.6 Å². The second-order valence-electron chi connectivity index (χ2n) is 9.21. The molecule has 0 saturated heterocycles. The Kier molecular flexibility index (Phi) is 18.2. The van der Waals surface area contributed by atoms with Crippen LogP contribution >= 0.6 is 0 Å². The minimum absolute atomic E-state index is 0.309. The van der Waals surface area contributed by atoms with Crippen molar-refractivity contribution in [3.63, 3.8) is 0 Å². The van der Waals surface area contributed by atoms with Gasteiger partial charge in [-0.15, -0.1) is 0 Å². The van der Waals surface area contributed by atoms with Gasteiger partial charge in [0.1, 0.15) is 12.3 Å². The van der Waals surface area contributed by atoms with Gasteiger partial charge in [0.25, 0.3) is 0 Å². The van der Waals surface area contributed by atoms with E-state index in [-0.39, 0.29) is 0 Å². The molecule has 0 aliphatic rings. The van der Waals surface area contributed by atoms with Crippen molar-refractivity contribution in [2.24, 2.45) is 15.3 Å². The second-order valence-corrected chi connectivity index (χ2v) is 9.21. The SMILES string of the molecule is CCCCCCCCCCCCOc1ccc(C[N+](CCN=[N+]=[N-])(CCN=[N+]=[N-])CCN=[N+]=[N-])cc1. The molecule has 1 aromatic rings. The smallest absolute Gasteiger partial charge is 0.119 e. The minimum atomic E-state index is 0.309. The second kappa shape index (κ2) is 21.2. The maximum absolute atomic E-state index is 8.69. The van der Waals surface area contributed by atoms with Gasteiger partial charge in [-0.1, -0.05) is 80.1 Å². The number of quaternary nitrogens is 1. The molecule has 198 valence electrons. The van der Waals surface area contributed by atoms with Crippen LogP contribution in [0.2, 0.25) is 0 Å². The first-order valence-electron chi connectivity index (χ1n) is 13.3. The van der Waals surface area contributed by atoms with Gasteiger partial charge >= 0.3 is 0 Å². The Balaban J connectivity index is 2.53. The highest BCUT2D eigenvalue weighted by Crippen LogP contribution is 2.19. The Morgan fingerprint density at radius 2 is 1.11 bits per heavy atom. The third kappa shape index (κ3) is 15.0. The molecular weight excluding hydrogens is 456 g/mol. The van der Waals surface area contributed by atoms with Gasteiger partial charge in [0.2, 0.25) is 0 Å². The van der Waals surface area contributed by atoms with Gasteiger partial charge in [-0.3, -0.25) is 0 Å². The summed E-state index contributed by atoms with van der Waals surface area (Å²) >= 11 is 0. The van der Waals surface area contributed by atoms with Gasteiger partial charge in [0, 0.05) is 20.3 Å². The fraction of sp³-hybridized carbons (Fsp3) is 0.760. The predicted octanol–water partition coefficient (Wildman–Crippen LogP) is 8.23. The molecule has 1 rings (SSSR count). The van der Waals surface area contributed by atoms with Crippen molar-refractivity contribution in [1.82, 2.24) is 0 Å². The van der Waals surface area contributed by atoms with E-state index >= 15 is 0 Å². The van der Waals surface area contributed by atoms with Crippen LogP contribution < -0.4 is 4.74 Å². The standard InChI is InChI=1S/C25H43N10O/c1-2-3-4-5-6-7-8-9-10-11-22-36-25-14-12-24(13-15-25)23-35(19-16-29-32-26,20-17-30-33-27)21-18-31-34-28/h12-15H,2-11,16-23H2,1H3/q+1. The number of hydrogen-bond acceptors (Lipinski definition) is 4. The number of ether oxygens (including phenoxy) is 1. The topological polar surface area (TPSA) is 156 Å². The molecule has 0 bridgehead atoms. The summed E-state index contributed by atoms with van der Waals surface area (Å²) in [6.45, 7) is 6.22. The molecule has 11 heteroatoms. The molecule has 0 aromatic heterocycles. The van der Waals surface area contributed by atoms with Gasteiger partial charge in [-0.2, -0.15) is 0 Å². The fourth-order valence-corrected chi connectivity index (χ4v) is 4.34. The van der Waals surface area contributed by atoms with Crippen molar-refractivity contribution in [1.29, 1.82) is 0 Å². The Bertz CT molecular complexity index is 786. The van der Waals surface area contributed by atoms with Gasteiger partial charge in [0.15, 0.2) is 0 Å². The number of azide groups is 3. The number of benzene rings is 1. The van der Waals surface area contributed by atoms with Crippen molar-refractivity contribution < 1.29 is 9.22 Å². The zero-order valence-corrected chi connectivity index (χ0v) is 21.9. The highest BCUT2D eigenvalue weighted by atomic mass is 16.5. The first-order valence-corrected chi connectivity index (χ1v) is 13.3. The summed E-state index contributed by atoms with van der Waals surface area (Å²) < 4.78 is 6.43. The van der Waals surface area contributed by atoms with Gasteiger partial charge in [0.05, 0.1) is 45.9 Å². The number of rotatable bonds is 23. The van der Waals surface area contributed by atoms with E-state index in [1.54, 1.807) is 0 Å². The van der Waals surface area contributed by atoms with Crippen LogP contribution in [-0.2, 0) is 6.54 Å². The molecule has 0 unspecified atom stereocenters. The van der Waals surface area contributed by atoms with Crippen LogP contribution in [0.5, 0.6) is 5.75 Å². The first-order chi connectivity index (χ1) is 17.7. The summed E-state index contributed by atoms with van der Waals surface area (Å²) in [6.07, 6.45) is 13.0. The fourth-order valence-electron chi connectivity index (χ4n) is 4.34. The van der Waals surface area contributed by atoms with E-state index in [9.17, 15) is 0 Å². The van der Waals surface area contributed by atoms with Crippen LogP contribution in [0.4, 0.5) is 0 Å². The van der Waals surface area contributed by atoms with E-state index in [4.69, 9.17) is 21.3 Å². The quantitative estimate of drug-likeness (QED) is 0.0480. The molecule has 11 nitrogen and oxygen atoms in total. The highest BCUT2D eigenvalue weighted by molar-refractivity contribution is 5.26. The molecule has 0 aliphatic carbocycles. The predicted molar refractivity (Wildman–Crippen MR) is 144 cm³/mol. The van der Waals surface area contributed by atoms with Crippen LogP contribution in [0, 0.1) is 0 Å². The summed E-state index contributed by atoms with van der Waals surface area (Å²) in [5.74, 6) is 0.852. The molecule has 0 radical (unpaired) electrons. The monoisotopic (exact) mass is 499 g/mol. The lowest BCUT2D eigenvalue weighted by molar-refractivity contribution is -0.937. The lowest BCUT2D eigenvalue weighted by atomic mass is 10.1. The van der Waals surface area contributed by atoms with Gasteiger partial charge in [-0.05, 0) is 47.3 Å². The van der Waals surface area contributed by atoms with Gasteiger partial charge < -0.3 is 9.22 Å². The molecule has 0 spiro atoms. The minimum Gasteiger partial charge on any atom is -0.494 e. The summed E-state index contributed by atoms with van der Waals surface area (Å²) in [4.78, 5) is 8.56. The summed E-state index contributed by atoms with van der Waals surface area (Å²) in [5.41, 5.74) is 27.2. The zero-order chi connectivity index (χ0) is 26.2. The zero-order valence-electron chi connectivity index (χ0n) is 21.9. The maximum atomic E-state index is 8.69. The van der Waals surface area contributed by atoms with Crippen molar-refractivity contribution in [2.75, 3.05) is 45.9 Å². The lowest BCUT2D eigenvalue weighted by Gasteiger charge is -2.38. The highest BCUT2D eigenvalue weighted by Gasteiger charge is 2.26. The maximum Gasteiger partial charge on any atom is 0.119 e. The largest absolute Gasteiger partial charge is 0.494 e. The summed E-state index contributed by atoms with van der Waals surface area (Å²) in [7, 11) is 0. The number of hydrogen-bond donors (Lipinski definition) is 0. The molecule has 0 saturated carbocycles. The van der Waals surface area contributed by atoms with Gasteiger partial charge in [-0.25, -0.2) is 0 Å². The van der Waals surface area contributed by atoms with Crippen molar-refractivity contribution in [3.05, 3.63) is 61.2 Å². The molecular formula is C25H43N10O+. The Labute approximate surface area is 215 Å². The Hall–Kier alpha value is -3.09. The molecule has 0 atom stereocenters. The summed E-state index contributed by atoms with van der Waals surface area (Å²) in [6, 6.07) is 8.04. The van der Waals surface area contributed by atoms with Crippen LogP contribution in [-0.4, -0.2) is 50.4 Å². The normalized spacial score (nSPS) is 12.0. The molecule has 0 fully saturated rings. The number of nitrogens with zero attached hydrogens (tertiary/aromatic N) is 10. The van der Waals surface area contributed by atoms with Crippen LogP contribution in [0.25, 0.3) is 31.3 Å². The van der Waals surface area contributed by atoms with Crippen molar-refractivity contribution >= 4 is 0 Å². The average molecular weight is 500 g/mol. The molecule has 0 aliphatic heterocycles. The summed E-state index contributed by atoms with van der Waals surface area (Å²) in [5, 5.41) is 11.1. The van der Waals surface area contributed by atoms with Crippen LogP contribution in [0.1, 0.15) is 76.7 Å². The van der Waals surface area contributed by atoms with E-state index in [0.29, 0.717) is 50.3 Å². The number of unbranched alkanes of at least 4 members (excludes halogenated alkanes) is 9. The first kappa shape index (κ1) is 30.9. The lowest BCUT2D eigenvalue weighted by Crippen LogP contribution is -2.52. The van der Waals surface area contributed by atoms with E-state index in [1.165, 1.54) is 57.8 Å². The molecule has 36 heavy (non-hydrogen) atoms. The average Bonchev–Trinajstić information content (AvgIpc) is 2.89. The molecule has 0 heterocycles. The third-order valence-electron chi connectivity index (χ3n) is 6.42. The molecule has 0 N–H and O–H groups in total. The van der Waals surface area contributed by atoms with E-state index in [0.717, 1.165) is 24.3 Å². The van der Waals surface area contributed by atoms with Crippen molar-refractivity contribution in [2.45, 2.75) is 77.7 Å². The third-order valence-corrected chi connectivity index (χ3v) is 6.42. The van der Waals surface area contributed by atoms with E-state index < -0.39 is 0 Å². The molecule has 0 amide bonds. The van der Waals surface area contributed by atoms with Crippen LogP contribution in [0.3, 0.4) is 0 Å².